The van der Waals surface area contributed by atoms with Crippen molar-refractivity contribution in [3.63, 3.8) is 0 Å². The van der Waals surface area contributed by atoms with Crippen LogP contribution in [0.2, 0.25) is 0 Å². The van der Waals surface area contributed by atoms with Crippen LogP contribution in [0.3, 0.4) is 0 Å². The largest absolute Gasteiger partial charge is 0.491 e. The van der Waals surface area contributed by atoms with Gasteiger partial charge in [0.05, 0.1) is 0 Å². The summed E-state index contributed by atoms with van der Waals surface area (Å²) in [7, 11) is -1.77. The van der Waals surface area contributed by atoms with Gasteiger partial charge in [0, 0.05) is 5.46 Å². The van der Waals surface area contributed by atoms with E-state index in [1.54, 1.807) is 6.07 Å². The second-order valence-corrected chi connectivity index (χ2v) is 6.16. The molecule has 1 atom stereocenters. The number of rotatable bonds is 4. The molecule has 114 valence electrons. The molecule has 0 bridgehead atoms. The molecule has 0 aliphatic heterocycles. The van der Waals surface area contributed by atoms with Gasteiger partial charge in [-0.25, -0.2) is 4.39 Å². The lowest BCUT2D eigenvalue weighted by molar-refractivity contribution is 0.423. The minimum absolute atomic E-state index is 0.0899. The summed E-state index contributed by atoms with van der Waals surface area (Å²) in [5.74, 6) is 0.149. The Morgan fingerprint density at radius 1 is 1.05 bits per heavy atom. The minimum atomic E-state index is -1.77. The van der Waals surface area contributed by atoms with E-state index >= 15 is 0 Å². The first kappa shape index (κ1) is 15.3. The van der Waals surface area contributed by atoms with Crippen molar-refractivity contribution in [3.8, 4) is 11.1 Å². The van der Waals surface area contributed by atoms with Gasteiger partial charge in [-0.3, -0.25) is 0 Å². The van der Waals surface area contributed by atoms with Crippen molar-refractivity contribution in [2.45, 2.75) is 32.6 Å². The molecule has 0 saturated carbocycles. The van der Waals surface area contributed by atoms with Crippen LogP contribution in [-0.4, -0.2) is 17.2 Å². The zero-order valence-corrected chi connectivity index (χ0v) is 12.7. The van der Waals surface area contributed by atoms with Gasteiger partial charge in [0.1, 0.15) is 5.82 Å². The number of benzene rings is 2. The van der Waals surface area contributed by atoms with Gasteiger partial charge in [-0.05, 0) is 47.1 Å². The zero-order chi connectivity index (χ0) is 15.7. The van der Waals surface area contributed by atoms with Crippen molar-refractivity contribution in [2.24, 2.45) is 5.92 Å². The van der Waals surface area contributed by atoms with Crippen molar-refractivity contribution in [2.75, 3.05) is 0 Å². The summed E-state index contributed by atoms with van der Waals surface area (Å²) in [4.78, 5) is 0. The number of hydrogen-bond acceptors (Lipinski definition) is 2. The first-order chi connectivity index (χ1) is 10.6. The molecule has 2 nitrogen and oxygen atoms in total. The monoisotopic (exact) mass is 298 g/mol. The van der Waals surface area contributed by atoms with Crippen molar-refractivity contribution >= 4 is 12.6 Å². The van der Waals surface area contributed by atoms with Crippen LogP contribution < -0.4 is 5.46 Å². The smallest absolute Gasteiger partial charge is 0.423 e. The van der Waals surface area contributed by atoms with Gasteiger partial charge < -0.3 is 10.0 Å². The summed E-state index contributed by atoms with van der Waals surface area (Å²) in [6, 6.07) is 10.9. The molecule has 0 aromatic heterocycles. The quantitative estimate of drug-likeness (QED) is 0.852. The Bertz CT molecular complexity index is 685. The highest BCUT2D eigenvalue weighted by Gasteiger charge is 2.21. The fourth-order valence-electron chi connectivity index (χ4n) is 3.42. The maximum absolute atomic E-state index is 13.9. The molecule has 1 unspecified atom stereocenters. The molecule has 0 spiro atoms. The molecule has 0 amide bonds. The first-order valence-corrected chi connectivity index (χ1v) is 7.86. The van der Waals surface area contributed by atoms with Gasteiger partial charge in [-0.15, -0.1) is 0 Å². The van der Waals surface area contributed by atoms with E-state index < -0.39 is 12.9 Å². The highest BCUT2D eigenvalue weighted by atomic mass is 19.1. The van der Waals surface area contributed by atoms with Crippen LogP contribution >= 0.6 is 0 Å². The Hall–Kier alpha value is -1.65. The molecule has 4 heteroatoms. The fraction of sp³-hybridized carbons (Fsp3) is 0.333. The Labute approximate surface area is 130 Å². The van der Waals surface area contributed by atoms with Crippen molar-refractivity contribution < 1.29 is 14.4 Å². The first-order valence-electron chi connectivity index (χ1n) is 7.86. The predicted octanol–water partition coefficient (Wildman–Crippen LogP) is 2.69. The third-order valence-corrected chi connectivity index (χ3v) is 4.53. The average molecular weight is 298 g/mol. The minimum Gasteiger partial charge on any atom is -0.423 e. The van der Waals surface area contributed by atoms with Crippen LogP contribution in [0, 0.1) is 11.7 Å². The number of hydrogen-bond donors (Lipinski definition) is 2. The van der Waals surface area contributed by atoms with Crippen LogP contribution in [-0.2, 0) is 12.8 Å². The maximum Gasteiger partial charge on any atom is 0.491 e. The maximum atomic E-state index is 13.9. The van der Waals surface area contributed by atoms with Crippen LogP contribution in [0.5, 0.6) is 0 Å². The Morgan fingerprint density at radius 3 is 2.41 bits per heavy atom. The molecule has 22 heavy (non-hydrogen) atoms. The van der Waals surface area contributed by atoms with Crippen molar-refractivity contribution in [1.82, 2.24) is 0 Å². The summed E-state index contributed by atoms with van der Waals surface area (Å²) in [5.41, 5.74) is 4.43. The summed E-state index contributed by atoms with van der Waals surface area (Å²) >= 11 is 0. The topological polar surface area (TPSA) is 40.5 Å². The van der Waals surface area contributed by atoms with Gasteiger partial charge in [0.2, 0.25) is 0 Å². The van der Waals surface area contributed by atoms with E-state index in [2.05, 4.69) is 19.1 Å². The highest BCUT2D eigenvalue weighted by molar-refractivity contribution is 6.58. The van der Waals surface area contributed by atoms with Crippen LogP contribution in [0.25, 0.3) is 11.1 Å². The molecule has 1 aliphatic carbocycles. The van der Waals surface area contributed by atoms with Gasteiger partial charge in [0.15, 0.2) is 0 Å². The van der Waals surface area contributed by atoms with Crippen LogP contribution in [0.15, 0.2) is 36.4 Å². The van der Waals surface area contributed by atoms with E-state index in [-0.39, 0.29) is 5.46 Å². The summed E-state index contributed by atoms with van der Waals surface area (Å²) in [5, 5.41) is 18.2. The zero-order valence-electron chi connectivity index (χ0n) is 12.7. The molecule has 0 saturated heterocycles. The third kappa shape index (κ3) is 2.94. The Balaban J connectivity index is 1.88. The lowest BCUT2D eigenvalue weighted by atomic mass is 9.79. The van der Waals surface area contributed by atoms with E-state index in [1.165, 1.54) is 36.1 Å². The van der Waals surface area contributed by atoms with Crippen molar-refractivity contribution in [1.29, 1.82) is 0 Å². The third-order valence-electron chi connectivity index (χ3n) is 4.53. The molecule has 3 rings (SSSR count). The van der Waals surface area contributed by atoms with Gasteiger partial charge in [-0.2, -0.15) is 0 Å². The van der Waals surface area contributed by atoms with Gasteiger partial charge >= 0.3 is 7.12 Å². The van der Waals surface area contributed by atoms with Gasteiger partial charge in [-0.1, -0.05) is 50.1 Å². The SMILES string of the molecule is CCCC1Cc2ccc(-c3ccc(B(O)O)c(F)c3)cc2C1. The molecule has 0 fully saturated rings. The lowest BCUT2D eigenvalue weighted by Gasteiger charge is -2.08. The summed E-state index contributed by atoms with van der Waals surface area (Å²) < 4.78 is 13.9. The number of halogens is 1. The van der Waals surface area contributed by atoms with E-state index in [1.807, 2.05) is 6.07 Å². The van der Waals surface area contributed by atoms with E-state index in [0.717, 1.165) is 29.9 Å². The standard InChI is InChI=1S/C18H20BFO2/c1-2-3-12-8-13-4-5-14(10-16(13)9-12)15-6-7-17(19(21)22)18(20)11-15/h4-7,10-12,21-22H,2-3,8-9H2,1H3. The summed E-state index contributed by atoms with van der Waals surface area (Å²) in [6.45, 7) is 2.22. The molecule has 2 aromatic carbocycles. The second-order valence-electron chi connectivity index (χ2n) is 6.16. The normalized spacial score (nSPS) is 16.6. The van der Waals surface area contributed by atoms with Crippen LogP contribution in [0.4, 0.5) is 4.39 Å². The van der Waals surface area contributed by atoms with Crippen molar-refractivity contribution in [3.05, 3.63) is 53.3 Å². The number of fused-ring (bicyclic) bond motifs is 1. The molecular weight excluding hydrogens is 278 g/mol. The average Bonchev–Trinajstić information content (AvgIpc) is 2.88. The molecule has 0 radical (unpaired) electrons. The fourth-order valence-corrected chi connectivity index (χ4v) is 3.42. The highest BCUT2D eigenvalue weighted by Crippen LogP contribution is 2.33. The molecule has 0 heterocycles. The van der Waals surface area contributed by atoms with E-state index in [9.17, 15) is 4.39 Å². The Kier molecular flexibility index (Phi) is 4.32. The lowest BCUT2D eigenvalue weighted by Crippen LogP contribution is -2.32. The second kappa shape index (κ2) is 6.23. The molecule has 2 N–H and O–H groups in total. The molecule has 1 aliphatic rings. The van der Waals surface area contributed by atoms with E-state index in [0.29, 0.717) is 0 Å². The van der Waals surface area contributed by atoms with E-state index in [4.69, 9.17) is 10.0 Å². The molecule has 2 aromatic rings. The summed E-state index contributed by atoms with van der Waals surface area (Å²) in [6.07, 6.45) is 4.71. The molecular formula is C18H20BFO2. The Morgan fingerprint density at radius 2 is 1.73 bits per heavy atom. The van der Waals surface area contributed by atoms with Gasteiger partial charge in [0.25, 0.3) is 0 Å². The van der Waals surface area contributed by atoms with Crippen LogP contribution in [0.1, 0.15) is 30.9 Å². The predicted molar refractivity (Wildman–Crippen MR) is 87.5 cm³/mol.